The number of nitrogens with zero attached hydrogens (tertiary/aromatic N) is 5. The van der Waals surface area contributed by atoms with Crippen LogP contribution in [0.1, 0.15) is 16.8 Å². The van der Waals surface area contributed by atoms with Crippen LogP contribution in [0.4, 0.5) is 0 Å². The second-order valence-corrected chi connectivity index (χ2v) is 10.5. The average molecular weight is 452 g/mol. The number of rotatable bonds is 4. The van der Waals surface area contributed by atoms with E-state index in [-0.39, 0.29) is 23.5 Å². The minimum Gasteiger partial charge on any atom is -0.336 e. The molecule has 2 aromatic heterocycles. The maximum absolute atomic E-state index is 13.5. The summed E-state index contributed by atoms with van der Waals surface area (Å²) < 4.78 is 25.4. The quantitative estimate of drug-likeness (QED) is 0.602. The van der Waals surface area contributed by atoms with Crippen LogP contribution in [0, 0.1) is 0 Å². The highest BCUT2D eigenvalue weighted by atomic mass is 32.2. The standard InChI is InChI=1S/C23H25N5O3S/c29-23(27-12-10-26(11-13-27)20-8-14-32(30,31)17-20)21-16-28(19-6-2-1-3-7-19)25-22(21)18-5-4-9-24-15-18/h1-7,9,15-16,20H,8,10-14,17H2. The van der Waals surface area contributed by atoms with Crippen LogP contribution in [0.2, 0.25) is 0 Å². The molecule has 9 heteroatoms. The Bertz CT molecular complexity index is 1200. The normalized spacial score (nSPS) is 21.0. The van der Waals surface area contributed by atoms with Crippen LogP contribution in [0.25, 0.3) is 16.9 Å². The Morgan fingerprint density at radius 1 is 1.00 bits per heavy atom. The minimum atomic E-state index is -2.92. The number of carbonyl (C=O) groups is 1. The second-order valence-electron chi connectivity index (χ2n) is 8.30. The Kier molecular flexibility index (Phi) is 5.52. The zero-order chi connectivity index (χ0) is 22.1. The highest BCUT2D eigenvalue weighted by molar-refractivity contribution is 7.91. The van der Waals surface area contributed by atoms with Crippen molar-refractivity contribution in [1.29, 1.82) is 0 Å². The number of carbonyl (C=O) groups excluding carboxylic acids is 1. The maximum atomic E-state index is 13.5. The molecule has 0 saturated carbocycles. The van der Waals surface area contributed by atoms with E-state index >= 15 is 0 Å². The molecule has 0 aliphatic carbocycles. The van der Waals surface area contributed by atoms with Gasteiger partial charge in [-0.2, -0.15) is 5.10 Å². The van der Waals surface area contributed by atoms with Crippen molar-refractivity contribution in [3.63, 3.8) is 0 Å². The maximum Gasteiger partial charge on any atom is 0.257 e. The monoisotopic (exact) mass is 451 g/mol. The second kappa shape index (κ2) is 8.48. The molecule has 3 aromatic rings. The van der Waals surface area contributed by atoms with Crippen LogP contribution in [-0.2, 0) is 9.84 Å². The molecule has 5 rings (SSSR count). The summed E-state index contributed by atoms with van der Waals surface area (Å²) in [7, 11) is -2.92. The van der Waals surface area contributed by atoms with Crippen LogP contribution in [0.5, 0.6) is 0 Å². The molecule has 166 valence electrons. The third-order valence-electron chi connectivity index (χ3n) is 6.23. The van der Waals surface area contributed by atoms with Crippen LogP contribution in [0.15, 0.2) is 61.1 Å². The van der Waals surface area contributed by atoms with E-state index in [1.165, 1.54) is 0 Å². The predicted octanol–water partition coefficient (Wildman–Crippen LogP) is 1.88. The third-order valence-corrected chi connectivity index (χ3v) is 7.98. The Balaban J connectivity index is 1.38. The fraction of sp³-hybridized carbons (Fsp3) is 0.348. The minimum absolute atomic E-state index is 0.0651. The van der Waals surface area contributed by atoms with Crippen LogP contribution in [0.3, 0.4) is 0 Å². The van der Waals surface area contributed by atoms with Gasteiger partial charge in [0.05, 0.1) is 22.8 Å². The van der Waals surface area contributed by atoms with Gasteiger partial charge >= 0.3 is 0 Å². The first kappa shape index (κ1) is 20.8. The number of hydrogen-bond acceptors (Lipinski definition) is 6. The first-order chi connectivity index (χ1) is 15.5. The van der Waals surface area contributed by atoms with Crippen LogP contribution in [-0.4, -0.2) is 82.6 Å². The average Bonchev–Trinajstić information content (AvgIpc) is 3.43. The molecule has 2 aliphatic rings. The molecule has 32 heavy (non-hydrogen) atoms. The molecular formula is C23H25N5O3S. The van der Waals surface area contributed by atoms with Crippen molar-refractivity contribution >= 4 is 15.7 Å². The summed E-state index contributed by atoms with van der Waals surface area (Å²) in [6.45, 7) is 2.50. The number of amides is 1. The molecule has 0 bridgehead atoms. The highest BCUT2D eigenvalue weighted by Gasteiger charge is 2.35. The van der Waals surface area contributed by atoms with E-state index < -0.39 is 9.84 Å². The lowest BCUT2D eigenvalue weighted by Crippen LogP contribution is -2.52. The van der Waals surface area contributed by atoms with Crippen molar-refractivity contribution in [1.82, 2.24) is 24.6 Å². The summed E-state index contributed by atoms with van der Waals surface area (Å²) in [6, 6.07) is 13.5. The molecule has 4 heterocycles. The van der Waals surface area contributed by atoms with Gasteiger partial charge in [-0.05, 0) is 30.7 Å². The zero-order valence-electron chi connectivity index (χ0n) is 17.7. The third kappa shape index (κ3) is 4.18. The fourth-order valence-corrected chi connectivity index (χ4v) is 6.24. The van der Waals surface area contributed by atoms with Crippen molar-refractivity contribution in [2.24, 2.45) is 0 Å². The topological polar surface area (TPSA) is 88.4 Å². The van der Waals surface area contributed by atoms with Crippen molar-refractivity contribution in [2.45, 2.75) is 12.5 Å². The molecule has 1 amide bonds. The number of hydrogen-bond donors (Lipinski definition) is 0. The van der Waals surface area contributed by atoms with Crippen LogP contribution >= 0.6 is 0 Å². The number of para-hydroxylation sites is 1. The largest absolute Gasteiger partial charge is 0.336 e. The molecule has 0 spiro atoms. The van der Waals surface area contributed by atoms with E-state index in [1.54, 1.807) is 23.3 Å². The summed E-state index contributed by atoms with van der Waals surface area (Å²) >= 11 is 0. The molecule has 0 N–H and O–H groups in total. The van der Waals surface area contributed by atoms with Gasteiger partial charge < -0.3 is 4.90 Å². The predicted molar refractivity (Wildman–Crippen MR) is 121 cm³/mol. The van der Waals surface area contributed by atoms with Gasteiger partial charge in [0.15, 0.2) is 9.84 Å². The van der Waals surface area contributed by atoms with Crippen molar-refractivity contribution < 1.29 is 13.2 Å². The number of pyridine rings is 1. The summed E-state index contributed by atoms with van der Waals surface area (Å²) in [5.41, 5.74) is 2.82. The highest BCUT2D eigenvalue weighted by Crippen LogP contribution is 2.26. The van der Waals surface area contributed by atoms with Crippen molar-refractivity contribution in [3.8, 4) is 16.9 Å². The Morgan fingerprint density at radius 3 is 2.44 bits per heavy atom. The van der Waals surface area contributed by atoms with Gasteiger partial charge in [0.1, 0.15) is 5.69 Å². The van der Waals surface area contributed by atoms with E-state index in [0.29, 0.717) is 43.9 Å². The molecule has 0 radical (unpaired) electrons. The summed E-state index contributed by atoms with van der Waals surface area (Å²) in [5, 5.41) is 4.71. The van der Waals surface area contributed by atoms with Gasteiger partial charge in [-0.3, -0.25) is 14.7 Å². The number of aromatic nitrogens is 3. The molecule has 1 unspecified atom stereocenters. The molecule has 1 aromatic carbocycles. The van der Waals surface area contributed by atoms with E-state index in [1.807, 2.05) is 47.4 Å². The fourth-order valence-electron chi connectivity index (χ4n) is 4.48. The molecular weight excluding hydrogens is 426 g/mol. The first-order valence-electron chi connectivity index (χ1n) is 10.8. The number of sulfone groups is 1. The van der Waals surface area contributed by atoms with Crippen molar-refractivity contribution in [2.75, 3.05) is 37.7 Å². The van der Waals surface area contributed by atoms with Gasteiger partial charge in [0.2, 0.25) is 0 Å². The lowest BCUT2D eigenvalue weighted by Gasteiger charge is -2.37. The number of benzene rings is 1. The Labute approximate surface area is 187 Å². The van der Waals surface area contributed by atoms with E-state index in [2.05, 4.69) is 9.88 Å². The number of piperazine rings is 1. The van der Waals surface area contributed by atoms with Gasteiger partial charge in [0.25, 0.3) is 5.91 Å². The summed E-state index contributed by atoms with van der Waals surface area (Å²) in [5.74, 6) is 0.435. The lowest BCUT2D eigenvalue weighted by molar-refractivity contribution is 0.0588. The van der Waals surface area contributed by atoms with Gasteiger partial charge in [-0.15, -0.1) is 0 Å². The SMILES string of the molecule is O=C(c1cn(-c2ccccc2)nc1-c1cccnc1)N1CCN(C2CCS(=O)(=O)C2)CC1. The Hall–Kier alpha value is -3.04. The Morgan fingerprint density at radius 2 is 1.78 bits per heavy atom. The zero-order valence-corrected chi connectivity index (χ0v) is 18.5. The first-order valence-corrected chi connectivity index (χ1v) is 12.6. The van der Waals surface area contributed by atoms with Gasteiger partial charge in [0, 0.05) is 56.4 Å². The molecule has 2 aliphatic heterocycles. The van der Waals surface area contributed by atoms with E-state index in [0.717, 1.165) is 11.3 Å². The molecule has 1 atom stereocenters. The molecule has 2 fully saturated rings. The lowest BCUT2D eigenvalue weighted by atomic mass is 10.1. The van der Waals surface area contributed by atoms with Gasteiger partial charge in [-0.1, -0.05) is 18.2 Å². The van der Waals surface area contributed by atoms with E-state index in [9.17, 15) is 13.2 Å². The van der Waals surface area contributed by atoms with Crippen molar-refractivity contribution in [3.05, 3.63) is 66.6 Å². The molecule has 2 saturated heterocycles. The summed E-state index contributed by atoms with van der Waals surface area (Å²) in [6.07, 6.45) is 5.88. The van der Waals surface area contributed by atoms with E-state index in [4.69, 9.17) is 5.10 Å². The smallest absolute Gasteiger partial charge is 0.257 e. The van der Waals surface area contributed by atoms with Crippen LogP contribution < -0.4 is 0 Å². The van der Waals surface area contributed by atoms with Gasteiger partial charge in [-0.25, -0.2) is 13.1 Å². The molecule has 8 nitrogen and oxygen atoms in total. The summed E-state index contributed by atoms with van der Waals surface area (Å²) in [4.78, 5) is 21.8.